The number of hydrogen-bond donors (Lipinski definition) is 1. The lowest BCUT2D eigenvalue weighted by atomic mass is 9.91. The van der Waals surface area contributed by atoms with E-state index in [9.17, 15) is 5.11 Å². The van der Waals surface area contributed by atoms with Gasteiger partial charge in [0.05, 0.1) is 5.60 Å². The number of imidazole rings is 1. The highest BCUT2D eigenvalue weighted by Gasteiger charge is 2.25. The van der Waals surface area contributed by atoms with Crippen LogP contribution in [0.1, 0.15) is 29.4 Å². The molecule has 3 rings (SSSR count). The van der Waals surface area contributed by atoms with Gasteiger partial charge in [0.25, 0.3) is 0 Å². The number of rotatable bonds is 5. The first-order valence-corrected chi connectivity index (χ1v) is 7.88. The molecule has 1 unspecified atom stereocenters. The monoisotopic (exact) mass is 306 g/mol. The first kappa shape index (κ1) is 15.5. The van der Waals surface area contributed by atoms with Crippen LogP contribution in [0, 0.1) is 6.92 Å². The molecule has 23 heavy (non-hydrogen) atoms. The molecule has 1 aromatic heterocycles. The molecule has 0 aliphatic heterocycles. The predicted molar refractivity (Wildman–Crippen MR) is 92.2 cm³/mol. The minimum Gasteiger partial charge on any atom is -0.385 e. The average molecular weight is 306 g/mol. The topological polar surface area (TPSA) is 38.1 Å². The average Bonchev–Trinajstić information content (AvgIpc) is 2.95. The summed E-state index contributed by atoms with van der Waals surface area (Å²) in [5.41, 5.74) is 2.39. The molecular formula is C20H22N2O. The maximum atomic E-state index is 10.9. The predicted octanol–water partition coefficient (Wildman–Crippen LogP) is 3.69. The summed E-state index contributed by atoms with van der Waals surface area (Å²) >= 11 is 0. The third-order valence-electron chi connectivity index (χ3n) is 4.17. The van der Waals surface area contributed by atoms with Crippen LogP contribution in [-0.4, -0.2) is 14.7 Å². The van der Waals surface area contributed by atoms with Crippen LogP contribution < -0.4 is 0 Å². The summed E-state index contributed by atoms with van der Waals surface area (Å²) in [5, 5.41) is 10.9. The molecule has 0 saturated heterocycles. The van der Waals surface area contributed by atoms with Gasteiger partial charge in [-0.1, -0.05) is 60.2 Å². The smallest absolute Gasteiger partial charge is 0.112 e. The van der Waals surface area contributed by atoms with Crippen molar-refractivity contribution in [1.29, 1.82) is 0 Å². The summed E-state index contributed by atoms with van der Waals surface area (Å²) in [6.45, 7) is 4.66. The van der Waals surface area contributed by atoms with Gasteiger partial charge < -0.3 is 9.67 Å². The highest BCUT2D eigenvalue weighted by Crippen LogP contribution is 2.25. The minimum atomic E-state index is -0.937. The second-order valence-corrected chi connectivity index (χ2v) is 6.27. The van der Waals surface area contributed by atoms with Crippen LogP contribution in [0.25, 0.3) is 0 Å². The number of aromatic nitrogens is 2. The van der Waals surface area contributed by atoms with E-state index in [4.69, 9.17) is 0 Å². The maximum Gasteiger partial charge on any atom is 0.112 e. The molecule has 0 saturated carbocycles. The molecule has 1 heterocycles. The molecule has 0 bridgehead atoms. The zero-order valence-electron chi connectivity index (χ0n) is 13.6. The molecule has 0 fully saturated rings. The first-order chi connectivity index (χ1) is 11.0. The van der Waals surface area contributed by atoms with Gasteiger partial charge in [-0.2, -0.15) is 0 Å². The van der Waals surface area contributed by atoms with Gasteiger partial charge in [-0.3, -0.25) is 0 Å². The fraction of sp³-hybridized carbons (Fsp3) is 0.250. The molecule has 3 aromatic rings. The van der Waals surface area contributed by atoms with Gasteiger partial charge in [0.2, 0.25) is 0 Å². The number of hydrogen-bond acceptors (Lipinski definition) is 2. The van der Waals surface area contributed by atoms with Gasteiger partial charge in [-0.25, -0.2) is 4.98 Å². The van der Waals surface area contributed by atoms with E-state index in [1.807, 2.05) is 62.5 Å². The van der Waals surface area contributed by atoms with E-state index >= 15 is 0 Å². The highest BCUT2D eigenvalue weighted by molar-refractivity contribution is 5.27. The zero-order valence-corrected chi connectivity index (χ0v) is 13.6. The molecule has 2 aromatic carbocycles. The van der Waals surface area contributed by atoms with Crippen molar-refractivity contribution < 1.29 is 5.11 Å². The second kappa shape index (κ2) is 6.39. The van der Waals surface area contributed by atoms with Gasteiger partial charge in [0.15, 0.2) is 0 Å². The molecule has 3 nitrogen and oxygen atoms in total. The molecule has 0 aliphatic rings. The first-order valence-electron chi connectivity index (χ1n) is 7.88. The van der Waals surface area contributed by atoms with E-state index in [1.54, 1.807) is 6.20 Å². The highest BCUT2D eigenvalue weighted by atomic mass is 16.3. The van der Waals surface area contributed by atoms with Crippen LogP contribution in [0.4, 0.5) is 0 Å². The van der Waals surface area contributed by atoms with Crippen molar-refractivity contribution >= 4 is 0 Å². The van der Waals surface area contributed by atoms with Crippen molar-refractivity contribution in [1.82, 2.24) is 9.55 Å². The molecule has 1 N–H and O–H groups in total. The maximum absolute atomic E-state index is 10.9. The zero-order chi connectivity index (χ0) is 16.3. The van der Waals surface area contributed by atoms with E-state index in [1.165, 1.54) is 11.1 Å². The summed E-state index contributed by atoms with van der Waals surface area (Å²) < 4.78 is 2.10. The Kier molecular flexibility index (Phi) is 4.30. The van der Waals surface area contributed by atoms with Crippen molar-refractivity contribution in [2.24, 2.45) is 0 Å². The number of nitrogens with zero attached hydrogens (tertiary/aromatic N) is 2. The van der Waals surface area contributed by atoms with Crippen molar-refractivity contribution in [2.45, 2.75) is 32.4 Å². The van der Waals surface area contributed by atoms with Crippen LogP contribution >= 0.6 is 0 Å². The lowest BCUT2D eigenvalue weighted by Crippen LogP contribution is -2.26. The Hall–Kier alpha value is -2.39. The summed E-state index contributed by atoms with van der Waals surface area (Å²) in [7, 11) is 0. The largest absolute Gasteiger partial charge is 0.385 e. The summed E-state index contributed by atoms with van der Waals surface area (Å²) in [6.07, 6.45) is 4.24. The molecule has 0 spiro atoms. The van der Waals surface area contributed by atoms with Gasteiger partial charge in [-0.15, -0.1) is 0 Å². The van der Waals surface area contributed by atoms with Crippen molar-refractivity contribution in [3.8, 4) is 0 Å². The summed E-state index contributed by atoms with van der Waals surface area (Å²) in [4.78, 5) is 4.44. The molecule has 118 valence electrons. The second-order valence-electron chi connectivity index (χ2n) is 6.27. The molecule has 0 radical (unpaired) electrons. The quantitative estimate of drug-likeness (QED) is 0.780. The molecular weight excluding hydrogens is 284 g/mol. The summed E-state index contributed by atoms with van der Waals surface area (Å²) in [5.74, 6) is 0.888. The standard InChI is InChI=1S/C20H22N2O/c1-16-8-10-18(11-9-16)20(2,23)14-19-21-12-13-22(19)15-17-6-4-3-5-7-17/h3-13,23H,14-15H2,1-2H3. The van der Waals surface area contributed by atoms with Gasteiger partial charge in [-0.05, 0) is 25.0 Å². The SMILES string of the molecule is Cc1ccc(C(C)(O)Cc2nccn2Cc2ccccc2)cc1. The Bertz CT molecular complexity index is 758. The Balaban J connectivity index is 1.80. The fourth-order valence-electron chi connectivity index (χ4n) is 2.75. The number of aliphatic hydroxyl groups is 1. The third-order valence-corrected chi connectivity index (χ3v) is 4.17. The minimum absolute atomic E-state index is 0.482. The Morgan fingerprint density at radius 3 is 2.43 bits per heavy atom. The summed E-state index contributed by atoms with van der Waals surface area (Å²) in [6, 6.07) is 18.3. The number of benzene rings is 2. The van der Waals surface area contributed by atoms with Gasteiger partial charge >= 0.3 is 0 Å². The van der Waals surface area contributed by atoms with Crippen LogP contribution in [0.15, 0.2) is 67.0 Å². The van der Waals surface area contributed by atoms with Gasteiger partial charge in [0.1, 0.15) is 5.82 Å². The fourth-order valence-corrected chi connectivity index (χ4v) is 2.75. The molecule has 0 aliphatic carbocycles. The lowest BCUT2D eigenvalue weighted by Gasteiger charge is -2.24. The Labute approximate surface area is 137 Å². The molecule has 3 heteroatoms. The van der Waals surface area contributed by atoms with E-state index in [-0.39, 0.29) is 0 Å². The van der Waals surface area contributed by atoms with Gasteiger partial charge in [0, 0.05) is 25.4 Å². The van der Waals surface area contributed by atoms with Crippen LogP contribution in [0.2, 0.25) is 0 Å². The van der Waals surface area contributed by atoms with E-state index < -0.39 is 5.60 Å². The Morgan fingerprint density at radius 1 is 1.04 bits per heavy atom. The van der Waals surface area contributed by atoms with Crippen molar-refractivity contribution in [3.63, 3.8) is 0 Å². The van der Waals surface area contributed by atoms with E-state index in [0.29, 0.717) is 6.42 Å². The van der Waals surface area contributed by atoms with Crippen LogP contribution in [0.5, 0.6) is 0 Å². The Morgan fingerprint density at radius 2 is 1.74 bits per heavy atom. The van der Waals surface area contributed by atoms with Crippen molar-refractivity contribution in [3.05, 3.63) is 89.5 Å². The molecule has 0 amide bonds. The third kappa shape index (κ3) is 3.69. The van der Waals surface area contributed by atoms with Crippen molar-refractivity contribution in [2.75, 3.05) is 0 Å². The van der Waals surface area contributed by atoms with Crippen LogP contribution in [-0.2, 0) is 18.6 Å². The molecule has 1 atom stereocenters. The van der Waals surface area contributed by atoms with Crippen LogP contribution in [0.3, 0.4) is 0 Å². The lowest BCUT2D eigenvalue weighted by molar-refractivity contribution is 0.0546. The van der Waals surface area contributed by atoms with E-state index in [2.05, 4.69) is 21.7 Å². The number of aryl methyl sites for hydroxylation is 1. The normalized spacial score (nSPS) is 13.7. The van der Waals surface area contributed by atoms with E-state index in [0.717, 1.165) is 17.9 Å².